The Morgan fingerprint density at radius 2 is 1.11 bits per heavy atom. The van der Waals surface area contributed by atoms with Crippen molar-refractivity contribution in [3.63, 3.8) is 0 Å². The van der Waals surface area contributed by atoms with Crippen LogP contribution < -0.4 is 22.5 Å². The Kier molecular flexibility index (Phi) is 6.26. The van der Waals surface area contributed by atoms with Crippen molar-refractivity contribution in [2.75, 3.05) is 0 Å². The first kappa shape index (κ1) is 23.9. The molecule has 0 aliphatic heterocycles. The molecule has 1 aliphatic carbocycles. The minimum Gasteiger partial charge on any atom is -0.303 e. The first-order valence-corrected chi connectivity index (χ1v) is 11.1. The van der Waals surface area contributed by atoms with Gasteiger partial charge < -0.3 is 9.13 Å². The van der Waals surface area contributed by atoms with Gasteiger partial charge in [-0.25, -0.2) is 9.59 Å². The fraction of sp³-hybridized carbons (Fsp3) is 0.269. The number of Topliss-reactive ketones (excluding diaryl/α,β-unsaturated/α-hetero) is 1. The molecular formula is C26H26N4O5. The van der Waals surface area contributed by atoms with Crippen molar-refractivity contribution in [1.29, 1.82) is 0 Å². The average Bonchev–Trinajstić information content (AvgIpc) is 2.85. The number of hydrogen-bond donors (Lipinski definition) is 0. The van der Waals surface area contributed by atoms with Crippen LogP contribution in [0.25, 0.3) is 12.2 Å². The fourth-order valence-corrected chi connectivity index (χ4v) is 4.45. The van der Waals surface area contributed by atoms with Crippen LogP contribution in [0.3, 0.4) is 0 Å². The summed E-state index contributed by atoms with van der Waals surface area (Å²) in [5.41, 5.74) is 0.398. The van der Waals surface area contributed by atoms with E-state index in [1.807, 2.05) is 30.3 Å². The van der Waals surface area contributed by atoms with Crippen LogP contribution in [0.4, 0.5) is 0 Å². The second-order valence-electron chi connectivity index (χ2n) is 8.87. The van der Waals surface area contributed by atoms with E-state index in [2.05, 4.69) is 0 Å². The van der Waals surface area contributed by atoms with E-state index in [1.165, 1.54) is 47.8 Å². The minimum atomic E-state index is -0.493. The molecule has 0 N–H and O–H groups in total. The van der Waals surface area contributed by atoms with Crippen molar-refractivity contribution in [3.05, 3.63) is 112 Å². The number of hydrogen-bond acceptors (Lipinski definition) is 5. The third-order valence-corrected chi connectivity index (χ3v) is 6.39. The van der Waals surface area contributed by atoms with Crippen LogP contribution >= 0.6 is 0 Å². The van der Waals surface area contributed by atoms with E-state index in [0.29, 0.717) is 24.0 Å². The normalized spacial score (nSPS) is 18.4. The second-order valence-corrected chi connectivity index (χ2v) is 8.87. The molecule has 0 bridgehead atoms. The highest BCUT2D eigenvalue weighted by Crippen LogP contribution is 2.38. The van der Waals surface area contributed by atoms with Gasteiger partial charge in [0.1, 0.15) is 0 Å². The molecule has 0 amide bonds. The number of nitrogens with zero attached hydrogens (tertiary/aromatic N) is 4. The van der Waals surface area contributed by atoms with Crippen LogP contribution in [0, 0.1) is 0 Å². The highest BCUT2D eigenvalue weighted by molar-refractivity contribution is 6.14. The standard InChI is InChI=1S/C26H26N4O5/c1-27-14-20(23(32)29(3)25(27)34)12-18-10-17(16-8-6-5-7-9-16)11-19(22(18)31)13-21-15-28(2)26(35)30(4)24(21)33/h5-9,12-15,17H,10-11H2,1-4H3/b18-12-,19-13+. The predicted molar refractivity (Wildman–Crippen MR) is 133 cm³/mol. The molecule has 3 aromatic rings. The van der Waals surface area contributed by atoms with Crippen LogP contribution in [0.2, 0.25) is 0 Å². The van der Waals surface area contributed by atoms with Crippen LogP contribution in [-0.4, -0.2) is 24.1 Å². The number of rotatable bonds is 3. The maximum atomic E-state index is 13.5. The highest BCUT2D eigenvalue weighted by Gasteiger charge is 2.29. The lowest BCUT2D eigenvalue weighted by molar-refractivity contribution is -0.113. The number of aromatic nitrogens is 4. The van der Waals surface area contributed by atoms with Gasteiger partial charge in [-0.15, -0.1) is 0 Å². The van der Waals surface area contributed by atoms with Gasteiger partial charge in [0, 0.05) is 51.7 Å². The summed E-state index contributed by atoms with van der Waals surface area (Å²) < 4.78 is 4.58. The molecule has 1 atom stereocenters. The van der Waals surface area contributed by atoms with Gasteiger partial charge in [0.25, 0.3) is 11.1 Å². The molecule has 0 spiro atoms. The van der Waals surface area contributed by atoms with Gasteiger partial charge >= 0.3 is 11.4 Å². The monoisotopic (exact) mass is 474 g/mol. The van der Waals surface area contributed by atoms with Gasteiger partial charge in [0.05, 0.1) is 11.1 Å². The lowest BCUT2D eigenvalue weighted by Gasteiger charge is -2.26. The second kappa shape index (κ2) is 9.17. The van der Waals surface area contributed by atoms with E-state index in [4.69, 9.17) is 0 Å². The van der Waals surface area contributed by atoms with Crippen LogP contribution in [0.1, 0.15) is 35.4 Å². The Balaban J connectivity index is 1.89. The molecule has 1 aromatic carbocycles. The summed E-state index contributed by atoms with van der Waals surface area (Å²) in [5.74, 6) is -0.330. The lowest BCUT2D eigenvalue weighted by Crippen LogP contribution is -2.38. The highest BCUT2D eigenvalue weighted by atomic mass is 16.2. The summed E-state index contributed by atoms with van der Waals surface area (Å²) >= 11 is 0. The number of allylic oxidation sites excluding steroid dienone is 2. The zero-order chi connectivity index (χ0) is 25.4. The molecule has 1 saturated carbocycles. The molecular weight excluding hydrogens is 448 g/mol. The van der Waals surface area contributed by atoms with Crippen molar-refractivity contribution in [2.24, 2.45) is 28.2 Å². The van der Waals surface area contributed by atoms with Gasteiger partial charge in [-0.3, -0.25) is 23.5 Å². The van der Waals surface area contributed by atoms with Crippen molar-refractivity contribution in [3.8, 4) is 0 Å². The first-order chi connectivity index (χ1) is 16.6. The molecule has 2 heterocycles. The Bertz CT molecular complexity index is 1530. The maximum absolute atomic E-state index is 13.5. The zero-order valence-electron chi connectivity index (χ0n) is 20.0. The molecule has 35 heavy (non-hydrogen) atoms. The van der Waals surface area contributed by atoms with Crippen molar-refractivity contribution >= 4 is 17.9 Å². The summed E-state index contributed by atoms with van der Waals surface area (Å²) in [6, 6.07) is 9.71. The summed E-state index contributed by atoms with van der Waals surface area (Å²) in [5, 5.41) is 0. The van der Waals surface area contributed by atoms with Crippen LogP contribution in [0.15, 0.2) is 73.0 Å². The van der Waals surface area contributed by atoms with E-state index in [1.54, 1.807) is 14.1 Å². The Hall–Kier alpha value is -4.27. The van der Waals surface area contributed by atoms with Gasteiger partial charge in [-0.05, 0) is 36.5 Å². The SMILES string of the molecule is Cn1cc(/C=C2/CC(c3ccccc3)C/C(=C\c3cn(C)c(=O)n(C)c3=O)C2=O)c(=O)n(C)c1=O. The van der Waals surface area contributed by atoms with Crippen LogP contribution in [-0.2, 0) is 33.0 Å². The van der Waals surface area contributed by atoms with Gasteiger partial charge in [0.2, 0.25) is 0 Å². The Labute approximate surface area is 200 Å². The first-order valence-electron chi connectivity index (χ1n) is 11.1. The molecule has 9 heteroatoms. The molecule has 4 rings (SSSR count). The number of ketones is 1. The molecule has 0 saturated heterocycles. The summed E-state index contributed by atoms with van der Waals surface area (Å²) in [6.07, 6.45) is 6.71. The van der Waals surface area contributed by atoms with E-state index < -0.39 is 22.5 Å². The molecule has 180 valence electrons. The average molecular weight is 475 g/mol. The van der Waals surface area contributed by atoms with Gasteiger partial charge in [-0.1, -0.05) is 30.3 Å². The molecule has 2 aromatic heterocycles. The van der Waals surface area contributed by atoms with Crippen molar-refractivity contribution < 1.29 is 4.79 Å². The third kappa shape index (κ3) is 4.44. The number of aryl methyl sites for hydroxylation is 2. The quantitative estimate of drug-likeness (QED) is 0.529. The molecule has 1 fully saturated rings. The summed E-state index contributed by atoms with van der Waals surface area (Å²) in [6.45, 7) is 0. The summed E-state index contributed by atoms with van der Waals surface area (Å²) in [4.78, 5) is 63.1. The molecule has 1 aliphatic rings. The van der Waals surface area contributed by atoms with Crippen LogP contribution in [0.5, 0.6) is 0 Å². The van der Waals surface area contributed by atoms with E-state index in [9.17, 15) is 24.0 Å². The topological polar surface area (TPSA) is 105 Å². The molecule has 9 nitrogen and oxygen atoms in total. The fourth-order valence-electron chi connectivity index (χ4n) is 4.45. The Morgan fingerprint density at radius 1 is 0.686 bits per heavy atom. The van der Waals surface area contributed by atoms with Gasteiger partial charge in [0.15, 0.2) is 5.78 Å². The third-order valence-electron chi connectivity index (χ3n) is 6.39. The van der Waals surface area contributed by atoms with Crippen molar-refractivity contribution in [1.82, 2.24) is 18.3 Å². The van der Waals surface area contributed by atoms with Gasteiger partial charge in [-0.2, -0.15) is 0 Å². The lowest BCUT2D eigenvalue weighted by atomic mass is 9.77. The largest absolute Gasteiger partial charge is 0.330 e. The minimum absolute atomic E-state index is 0.0563. The molecule has 1 unspecified atom stereocenters. The maximum Gasteiger partial charge on any atom is 0.330 e. The predicted octanol–water partition coefficient (Wildman–Crippen LogP) is 1.10. The number of carbonyl (C=O) groups excluding carboxylic acids is 1. The smallest absolute Gasteiger partial charge is 0.303 e. The summed E-state index contributed by atoms with van der Waals surface area (Å²) in [7, 11) is 5.87. The number of benzene rings is 1. The Morgan fingerprint density at radius 3 is 1.54 bits per heavy atom. The molecule has 0 radical (unpaired) electrons. The zero-order valence-corrected chi connectivity index (χ0v) is 20.0. The van der Waals surface area contributed by atoms with E-state index in [-0.39, 0.29) is 22.8 Å². The van der Waals surface area contributed by atoms with Crippen molar-refractivity contribution in [2.45, 2.75) is 18.8 Å². The van der Waals surface area contributed by atoms with E-state index in [0.717, 1.165) is 14.7 Å². The van der Waals surface area contributed by atoms with E-state index >= 15 is 0 Å². The number of carbonyl (C=O) groups is 1.